The van der Waals surface area contributed by atoms with Crippen LogP contribution in [-0.4, -0.2) is 51.4 Å². The van der Waals surface area contributed by atoms with Gasteiger partial charge < -0.3 is 15.0 Å². The highest BCUT2D eigenvalue weighted by Gasteiger charge is 2.28. The maximum Gasteiger partial charge on any atom is 0.264 e. The van der Waals surface area contributed by atoms with Crippen LogP contribution in [0.1, 0.15) is 42.1 Å². The topological polar surface area (TPSA) is 96.0 Å². The van der Waals surface area contributed by atoms with Crippen LogP contribution in [0.2, 0.25) is 0 Å². The Kier molecular flexibility index (Phi) is 8.68. The third-order valence-corrected chi connectivity index (χ3v) is 8.19. The third kappa shape index (κ3) is 6.34. The minimum Gasteiger partial charge on any atom is -0.494 e. The molecule has 9 heteroatoms. The van der Waals surface area contributed by atoms with Crippen LogP contribution < -0.4 is 14.4 Å². The minimum absolute atomic E-state index is 0.0370. The van der Waals surface area contributed by atoms with Gasteiger partial charge in [0, 0.05) is 13.1 Å². The second-order valence-electron chi connectivity index (χ2n) is 9.20. The molecule has 38 heavy (non-hydrogen) atoms. The lowest BCUT2D eigenvalue weighted by molar-refractivity contribution is -0.114. The van der Waals surface area contributed by atoms with Crippen molar-refractivity contribution in [2.75, 3.05) is 35.9 Å². The molecule has 3 aromatic carbocycles. The number of benzene rings is 3. The van der Waals surface area contributed by atoms with Crippen LogP contribution >= 0.6 is 0 Å². The number of carbonyl (C=O) groups excluding carboxylic acids is 2. The molecule has 1 aliphatic rings. The smallest absolute Gasteiger partial charge is 0.264 e. The fourth-order valence-corrected chi connectivity index (χ4v) is 5.81. The number of rotatable bonds is 9. The number of amides is 2. The Bertz CT molecular complexity index is 1370. The summed E-state index contributed by atoms with van der Waals surface area (Å²) in [5, 5.41) is 2.78. The van der Waals surface area contributed by atoms with E-state index in [1.807, 2.05) is 13.8 Å². The van der Waals surface area contributed by atoms with Gasteiger partial charge in [0.25, 0.3) is 15.9 Å². The molecule has 3 aromatic rings. The first kappa shape index (κ1) is 27.2. The summed E-state index contributed by atoms with van der Waals surface area (Å²) in [6.07, 6.45) is 3.00. The molecule has 1 aliphatic heterocycles. The number of anilines is 2. The zero-order valence-corrected chi connectivity index (χ0v) is 22.5. The van der Waals surface area contributed by atoms with E-state index in [9.17, 15) is 18.0 Å². The lowest BCUT2D eigenvalue weighted by Gasteiger charge is -2.28. The Morgan fingerprint density at radius 3 is 2.24 bits per heavy atom. The largest absolute Gasteiger partial charge is 0.494 e. The van der Waals surface area contributed by atoms with Gasteiger partial charge >= 0.3 is 0 Å². The monoisotopic (exact) mass is 535 g/mol. The van der Waals surface area contributed by atoms with E-state index in [1.54, 1.807) is 65.6 Å². The maximum atomic E-state index is 13.7. The zero-order valence-electron chi connectivity index (χ0n) is 21.7. The Labute approximate surface area is 224 Å². The predicted octanol–water partition coefficient (Wildman–Crippen LogP) is 4.85. The standard InChI is InChI=1S/C29H33N3O5S/c1-3-37-24-15-17-25(18-16-24)38(35,36)32(23-13-11-22(2)12-14-23)21-28(33)30-27-10-6-5-9-26(27)29(34)31-19-7-4-8-20-31/h5-6,9-18H,3-4,7-8,19-21H2,1-2H3,(H,30,33). The second kappa shape index (κ2) is 12.1. The fraction of sp³-hybridized carbons (Fsp3) is 0.310. The molecule has 0 spiro atoms. The molecule has 0 aromatic heterocycles. The van der Waals surface area contributed by atoms with Crippen molar-refractivity contribution in [3.8, 4) is 5.75 Å². The first-order valence-electron chi connectivity index (χ1n) is 12.8. The van der Waals surface area contributed by atoms with Crippen LogP contribution in [0, 0.1) is 6.92 Å². The summed E-state index contributed by atoms with van der Waals surface area (Å²) in [7, 11) is -4.09. The molecule has 0 aliphatic carbocycles. The Balaban J connectivity index is 1.60. The van der Waals surface area contributed by atoms with Crippen LogP contribution in [0.3, 0.4) is 0 Å². The van der Waals surface area contributed by atoms with Crippen molar-refractivity contribution in [3.63, 3.8) is 0 Å². The van der Waals surface area contributed by atoms with E-state index in [-0.39, 0.29) is 10.8 Å². The van der Waals surface area contributed by atoms with Crippen LogP contribution in [-0.2, 0) is 14.8 Å². The first-order valence-corrected chi connectivity index (χ1v) is 14.2. The molecule has 4 rings (SSSR count). The van der Waals surface area contributed by atoms with Gasteiger partial charge in [-0.3, -0.25) is 13.9 Å². The average Bonchev–Trinajstić information content (AvgIpc) is 2.93. The zero-order chi connectivity index (χ0) is 27.1. The molecular weight excluding hydrogens is 502 g/mol. The van der Waals surface area contributed by atoms with Gasteiger partial charge in [-0.05, 0) is 81.6 Å². The van der Waals surface area contributed by atoms with E-state index in [0.29, 0.717) is 42.4 Å². The van der Waals surface area contributed by atoms with E-state index < -0.39 is 22.5 Å². The number of para-hydroxylation sites is 1. The number of hydrogen-bond donors (Lipinski definition) is 1. The van der Waals surface area contributed by atoms with Gasteiger partial charge in [-0.1, -0.05) is 29.8 Å². The van der Waals surface area contributed by atoms with E-state index in [2.05, 4.69) is 5.32 Å². The quantitative estimate of drug-likeness (QED) is 0.422. The van der Waals surface area contributed by atoms with Gasteiger partial charge in [-0.25, -0.2) is 8.42 Å². The fourth-order valence-electron chi connectivity index (χ4n) is 4.39. The molecule has 2 amide bonds. The molecule has 8 nitrogen and oxygen atoms in total. The van der Waals surface area contributed by atoms with Crippen LogP contribution in [0.4, 0.5) is 11.4 Å². The average molecular weight is 536 g/mol. The van der Waals surface area contributed by atoms with Gasteiger partial charge in [-0.15, -0.1) is 0 Å². The normalized spacial score (nSPS) is 13.6. The van der Waals surface area contributed by atoms with Crippen molar-refractivity contribution >= 4 is 33.2 Å². The second-order valence-corrected chi connectivity index (χ2v) is 11.1. The first-order chi connectivity index (χ1) is 18.3. The molecule has 0 unspecified atom stereocenters. The van der Waals surface area contributed by atoms with Crippen molar-refractivity contribution in [3.05, 3.63) is 83.9 Å². The number of carbonyl (C=O) groups is 2. The van der Waals surface area contributed by atoms with Gasteiger partial charge in [0.1, 0.15) is 12.3 Å². The molecule has 1 fully saturated rings. The number of aryl methyl sites for hydroxylation is 1. The molecule has 0 bridgehead atoms. The molecule has 0 radical (unpaired) electrons. The van der Waals surface area contributed by atoms with Gasteiger partial charge in [0.2, 0.25) is 5.91 Å². The summed E-state index contributed by atoms with van der Waals surface area (Å²) in [5.41, 5.74) is 2.06. The molecular formula is C29H33N3O5S. The summed E-state index contributed by atoms with van der Waals surface area (Å²) in [5.74, 6) is -0.141. The molecule has 1 N–H and O–H groups in total. The van der Waals surface area contributed by atoms with Gasteiger partial charge in [-0.2, -0.15) is 0 Å². The summed E-state index contributed by atoms with van der Waals surface area (Å²) < 4.78 is 33.9. The van der Waals surface area contributed by atoms with Crippen molar-refractivity contribution in [2.24, 2.45) is 0 Å². The van der Waals surface area contributed by atoms with E-state index in [4.69, 9.17) is 4.74 Å². The molecule has 1 heterocycles. The van der Waals surface area contributed by atoms with Crippen molar-refractivity contribution in [2.45, 2.75) is 38.0 Å². The number of likely N-dealkylation sites (tertiary alicyclic amines) is 1. The number of sulfonamides is 1. The van der Waals surface area contributed by atoms with Crippen molar-refractivity contribution < 1.29 is 22.7 Å². The van der Waals surface area contributed by atoms with Crippen LogP contribution in [0.15, 0.2) is 77.7 Å². The van der Waals surface area contributed by atoms with Crippen molar-refractivity contribution in [1.29, 1.82) is 0 Å². The Hall–Kier alpha value is -3.85. The molecule has 0 saturated carbocycles. The summed E-state index contributed by atoms with van der Waals surface area (Å²) in [4.78, 5) is 28.3. The SMILES string of the molecule is CCOc1ccc(S(=O)(=O)N(CC(=O)Nc2ccccc2C(=O)N2CCCCC2)c2ccc(C)cc2)cc1. The number of ether oxygens (including phenoxy) is 1. The summed E-state index contributed by atoms with van der Waals surface area (Å²) >= 11 is 0. The lowest BCUT2D eigenvalue weighted by atomic mass is 10.1. The van der Waals surface area contributed by atoms with Crippen LogP contribution in [0.5, 0.6) is 5.75 Å². The number of nitrogens with one attached hydrogen (secondary N) is 1. The highest BCUT2D eigenvalue weighted by atomic mass is 32.2. The minimum atomic E-state index is -4.09. The third-order valence-electron chi connectivity index (χ3n) is 6.41. The van der Waals surface area contributed by atoms with E-state index >= 15 is 0 Å². The Morgan fingerprint density at radius 1 is 0.921 bits per heavy atom. The van der Waals surface area contributed by atoms with Crippen molar-refractivity contribution in [1.82, 2.24) is 4.90 Å². The van der Waals surface area contributed by atoms with Gasteiger partial charge in [0.05, 0.1) is 28.4 Å². The highest BCUT2D eigenvalue weighted by Crippen LogP contribution is 2.26. The van der Waals surface area contributed by atoms with E-state index in [1.165, 1.54) is 12.1 Å². The summed E-state index contributed by atoms with van der Waals surface area (Å²) in [6.45, 7) is 5.11. The number of nitrogens with zero attached hydrogens (tertiary/aromatic N) is 2. The lowest BCUT2D eigenvalue weighted by Crippen LogP contribution is -2.39. The predicted molar refractivity (Wildman–Crippen MR) is 148 cm³/mol. The Morgan fingerprint density at radius 2 is 1.58 bits per heavy atom. The van der Waals surface area contributed by atoms with Crippen LogP contribution in [0.25, 0.3) is 0 Å². The molecule has 1 saturated heterocycles. The number of hydrogen-bond acceptors (Lipinski definition) is 5. The number of piperidine rings is 1. The van der Waals surface area contributed by atoms with E-state index in [0.717, 1.165) is 29.1 Å². The van der Waals surface area contributed by atoms with Gasteiger partial charge in [0.15, 0.2) is 0 Å². The molecule has 0 atom stereocenters. The highest BCUT2D eigenvalue weighted by molar-refractivity contribution is 7.92. The molecule has 200 valence electrons. The maximum absolute atomic E-state index is 13.7. The summed E-state index contributed by atoms with van der Waals surface area (Å²) in [6, 6.07) is 19.9.